The molecule has 0 aliphatic heterocycles. The van der Waals surface area contributed by atoms with E-state index in [4.69, 9.17) is 0 Å². The Hall–Kier alpha value is -1.17. The van der Waals surface area contributed by atoms with Gasteiger partial charge in [-0.25, -0.2) is 0 Å². The van der Waals surface area contributed by atoms with Crippen molar-refractivity contribution in [2.24, 2.45) is 5.16 Å². The second-order valence-corrected chi connectivity index (χ2v) is 6.21. The van der Waals surface area contributed by atoms with E-state index >= 15 is 0 Å². The third-order valence-electron chi connectivity index (χ3n) is 2.78. The maximum absolute atomic E-state index is 12.0. The molecule has 0 N–H and O–H groups in total. The SMILES string of the molecule is CCSc1cc(/C(C)=N/OCC(F)(F)F)ccc1C(C)C. The number of rotatable bonds is 6. The maximum atomic E-state index is 12.0. The first-order valence-electron chi connectivity index (χ1n) is 6.75. The number of oxime groups is 1. The highest BCUT2D eigenvalue weighted by Crippen LogP contribution is 2.29. The highest BCUT2D eigenvalue weighted by atomic mass is 32.2. The quantitative estimate of drug-likeness (QED) is 0.407. The summed E-state index contributed by atoms with van der Waals surface area (Å²) < 4.78 is 36.1. The lowest BCUT2D eigenvalue weighted by Gasteiger charge is -2.13. The Morgan fingerprint density at radius 2 is 2.00 bits per heavy atom. The molecular weight excluding hydrogens is 299 g/mol. The molecule has 2 nitrogen and oxygen atoms in total. The normalized spacial score (nSPS) is 12.9. The Labute approximate surface area is 127 Å². The van der Waals surface area contributed by atoms with E-state index in [2.05, 4.69) is 30.8 Å². The molecule has 118 valence electrons. The minimum absolute atomic E-state index is 0.395. The molecule has 0 saturated heterocycles. The van der Waals surface area contributed by atoms with Gasteiger partial charge in [-0.3, -0.25) is 0 Å². The van der Waals surface area contributed by atoms with Gasteiger partial charge in [-0.05, 0) is 30.2 Å². The van der Waals surface area contributed by atoms with Crippen molar-refractivity contribution in [3.63, 3.8) is 0 Å². The minimum Gasteiger partial charge on any atom is -0.386 e. The number of hydrogen-bond donors (Lipinski definition) is 0. The zero-order valence-electron chi connectivity index (χ0n) is 12.6. The van der Waals surface area contributed by atoms with Crippen LogP contribution >= 0.6 is 11.8 Å². The van der Waals surface area contributed by atoms with Gasteiger partial charge in [0.1, 0.15) is 0 Å². The lowest BCUT2D eigenvalue weighted by molar-refractivity contribution is -0.173. The Kier molecular flexibility index (Phi) is 6.58. The van der Waals surface area contributed by atoms with Gasteiger partial charge in [-0.15, -0.1) is 11.8 Å². The lowest BCUT2D eigenvalue weighted by Crippen LogP contribution is -2.15. The van der Waals surface area contributed by atoms with E-state index in [0.717, 1.165) is 16.2 Å². The molecule has 0 aromatic heterocycles. The van der Waals surface area contributed by atoms with Crippen LogP contribution in [0, 0.1) is 0 Å². The summed E-state index contributed by atoms with van der Waals surface area (Å²) in [6.07, 6.45) is -4.37. The zero-order valence-corrected chi connectivity index (χ0v) is 13.4. The molecule has 0 spiro atoms. The summed E-state index contributed by atoms with van der Waals surface area (Å²) in [5.41, 5.74) is 2.44. The lowest BCUT2D eigenvalue weighted by atomic mass is 10.0. The van der Waals surface area contributed by atoms with Gasteiger partial charge in [-0.2, -0.15) is 13.2 Å². The van der Waals surface area contributed by atoms with Crippen LogP contribution in [-0.4, -0.2) is 24.2 Å². The van der Waals surface area contributed by atoms with E-state index in [9.17, 15) is 13.2 Å². The molecule has 0 heterocycles. The summed E-state index contributed by atoms with van der Waals surface area (Å²) in [5.74, 6) is 1.33. The fraction of sp³-hybridized carbons (Fsp3) is 0.533. The number of hydrogen-bond acceptors (Lipinski definition) is 3. The van der Waals surface area contributed by atoms with E-state index in [0.29, 0.717) is 11.6 Å². The molecule has 1 aromatic rings. The highest BCUT2D eigenvalue weighted by Gasteiger charge is 2.28. The predicted octanol–water partition coefficient (Wildman–Crippen LogP) is 5.22. The van der Waals surface area contributed by atoms with Gasteiger partial charge in [-0.1, -0.05) is 38.1 Å². The van der Waals surface area contributed by atoms with Crippen LogP contribution in [0.2, 0.25) is 0 Å². The van der Waals surface area contributed by atoms with E-state index < -0.39 is 12.8 Å². The summed E-state index contributed by atoms with van der Waals surface area (Å²) in [6.45, 7) is 6.56. The molecule has 21 heavy (non-hydrogen) atoms. The van der Waals surface area contributed by atoms with Crippen molar-refractivity contribution in [1.29, 1.82) is 0 Å². The van der Waals surface area contributed by atoms with Crippen LogP contribution in [0.15, 0.2) is 28.3 Å². The molecule has 0 atom stereocenters. The van der Waals surface area contributed by atoms with Gasteiger partial charge in [0.2, 0.25) is 6.61 Å². The number of alkyl halides is 3. The Morgan fingerprint density at radius 3 is 2.52 bits per heavy atom. The van der Waals surface area contributed by atoms with E-state index in [1.165, 1.54) is 5.56 Å². The number of halogens is 3. The fourth-order valence-electron chi connectivity index (χ4n) is 1.77. The van der Waals surface area contributed by atoms with Gasteiger partial charge >= 0.3 is 6.18 Å². The van der Waals surface area contributed by atoms with Crippen molar-refractivity contribution < 1.29 is 18.0 Å². The summed E-state index contributed by atoms with van der Waals surface area (Å²) in [7, 11) is 0. The van der Waals surface area contributed by atoms with Gasteiger partial charge < -0.3 is 4.84 Å². The van der Waals surface area contributed by atoms with Gasteiger partial charge in [0.25, 0.3) is 0 Å². The second kappa shape index (κ2) is 7.73. The fourth-order valence-corrected chi connectivity index (χ4v) is 2.76. The maximum Gasteiger partial charge on any atom is 0.425 e. The average molecular weight is 319 g/mol. The van der Waals surface area contributed by atoms with Crippen molar-refractivity contribution in [2.75, 3.05) is 12.4 Å². The van der Waals surface area contributed by atoms with Crippen LogP contribution in [0.5, 0.6) is 0 Å². The molecule has 1 rings (SSSR count). The topological polar surface area (TPSA) is 21.6 Å². The van der Waals surface area contributed by atoms with Crippen molar-refractivity contribution in [1.82, 2.24) is 0 Å². The van der Waals surface area contributed by atoms with Crippen LogP contribution in [0.4, 0.5) is 13.2 Å². The smallest absolute Gasteiger partial charge is 0.386 e. The highest BCUT2D eigenvalue weighted by molar-refractivity contribution is 7.99. The molecule has 0 saturated carbocycles. The summed E-state index contributed by atoms with van der Waals surface area (Å²) in [5, 5.41) is 3.54. The first-order valence-corrected chi connectivity index (χ1v) is 7.73. The van der Waals surface area contributed by atoms with Crippen molar-refractivity contribution >= 4 is 17.5 Å². The largest absolute Gasteiger partial charge is 0.425 e. The molecule has 0 radical (unpaired) electrons. The summed E-state index contributed by atoms with van der Waals surface area (Å²) >= 11 is 1.71. The van der Waals surface area contributed by atoms with Crippen LogP contribution in [0.1, 0.15) is 44.7 Å². The molecule has 6 heteroatoms. The van der Waals surface area contributed by atoms with Crippen molar-refractivity contribution in [3.05, 3.63) is 29.3 Å². The molecule has 0 aliphatic carbocycles. The van der Waals surface area contributed by atoms with Crippen LogP contribution in [-0.2, 0) is 4.84 Å². The zero-order chi connectivity index (χ0) is 16.0. The van der Waals surface area contributed by atoms with Crippen LogP contribution in [0.3, 0.4) is 0 Å². The molecule has 0 fully saturated rings. The third kappa shape index (κ3) is 5.99. The molecule has 0 bridgehead atoms. The third-order valence-corrected chi connectivity index (χ3v) is 3.74. The number of nitrogens with zero attached hydrogens (tertiary/aromatic N) is 1. The molecule has 1 aromatic carbocycles. The first-order chi connectivity index (χ1) is 9.74. The van der Waals surface area contributed by atoms with Crippen LogP contribution in [0.25, 0.3) is 0 Å². The average Bonchev–Trinajstić information content (AvgIpc) is 2.37. The summed E-state index contributed by atoms with van der Waals surface area (Å²) in [6, 6.07) is 5.82. The molecular formula is C15H20F3NOS. The molecule has 0 amide bonds. The Bertz CT molecular complexity index is 498. The number of thioether (sulfide) groups is 1. The molecule has 0 unspecified atom stereocenters. The number of benzene rings is 1. The van der Waals surface area contributed by atoms with E-state index in [-0.39, 0.29) is 0 Å². The second-order valence-electron chi connectivity index (χ2n) is 4.91. The first kappa shape index (κ1) is 17.9. The van der Waals surface area contributed by atoms with Gasteiger partial charge in [0.15, 0.2) is 0 Å². The van der Waals surface area contributed by atoms with Crippen molar-refractivity contribution in [2.45, 2.75) is 44.7 Å². The van der Waals surface area contributed by atoms with E-state index in [1.807, 2.05) is 18.2 Å². The Morgan fingerprint density at radius 1 is 1.33 bits per heavy atom. The minimum atomic E-state index is -4.37. The molecule has 0 aliphatic rings. The summed E-state index contributed by atoms with van der Waals surface area (Å²) in [4.78, 5) is 5.48. The Balaban J connectivity index is 2.92. The predicted molar refractivity (Wildman–Crippen MR) is 81.1 cm³/mol. The van der Waals surface area contributed by atoms with Crippen LogP contribution < -0.4 is 0 Å². The monoisotopic (exact) mass is 319 g/mol. The standard InChI is InChI=1S/C15H20F3NOS/c1-5-21-14-8-12(6-7-13(14)10(2)3)11(4)19-20-9-15(16,17)18/h6-8,10H,5,9H2,1-4H3/b19-11+. The van der Waals surface area contributed by atoms with E-state index in [1.54, 1.807) is 18.7 Å². The van der Waals surface area contributed by atoms with Gasteiger partial charge in [0, 0.05) is 10.5 Å². The van der Waals surface area contributed by atoms with Gasteiger partial charge in [0.05, 0.1) is 5.71 Å². The van der Waals surface area contributed by atoms with Crippen molar-refractivity contribution in [3.8, 4) is 0 Å².